The molecule has 4 heteroatoms. The highest BCUT2D eigenvalue weighted by molar-refractivity contribution is 5.81. The molecule has 0 aromatic carbocycles. The van der Waals surface area contributed by atoms with E-state index in [4.69, 9.17) is 15.2 Å². The summed E-state index contributed by atoms with van der Waals surface area (Å²) in [5, 5.41) is 0. The van der Waals surface area contributed by atoms with Gasteiger partial charge >= 0.3 is 5.97 Å². The Balaban J connectivity index is 2.42. The number of ether oxygens (including phenoxy) is 2. The van der Waals surface area contributed by atoms with Crippen molar-refractivity contribution in [2.45, 2.75) is 44.6 Å². The topological polar surface area (TPSA) is 61.5 Å². The second-order valence-corrected chi connectivity index (χ2v) is 4.52. The Labute approximate surface area is 97.5 Å². The Morgan fingerprint density at radius 1 is 1.50 bits per heavy atom. The Morgan fingerprint density at radius 3 is 2.88 bits per heavy atom. The summed E-state index contributed by atoms with van der Waals surface area (Å²) in [5.41, 5.74) is 5.37. The molecule has 0 amide bonds. The lowest BCUT2D eigenvalue weighted by molar-refractivity contribution is -0.148. The molecule has 16 heavy (non-hydrogen) atoms. The maximum atomic E-state index is 11.6. The van der Waals surface area contributed by atoms with E-state index in [-0.39, 0.29) is 11.9 Å². The van der Waals surface area contributed by atoms with Gasteiger partial charge in [-0.3, -0.25) is 4.79 Å². The van der Waals surface area contributed by atoms with E-state index in [0.29, 0.717) is 6.61 Å². The van der Waals surface area contributed by atoms with Gasteiger partial charge in [-0.2, -0.15) is 0 Å². The van der Waals surface area contributed by atoms with E-state index in [1.807, 2.05) is 0 Å². The van der Waals surface area contributed by atoms with Gasteiger partial charge in [-0.25, -0.2) is 0 Å². The van der Waals surface area contributed by atoms with Crippen LogP contribution in [0.25, 0.3) is 0 Å². The minimum absolute atomic E-state index is 0.205. The molecule has 0 heterocycles. The third-order valence-electron chi connectivity index (χ3n) is 3.40. The number of hydrogen-bond donors (Lipinski definition) is 1. The summed E-state index contributed by atoms with van der Waals surface area (Å²) in [4.78, 5) is 11.6. The van der Waals surface area contributed by atoms with Crippen LogP contribution in [0, 0.1) is 5.92 Å². The predicted molar refractivity (Wildman–Crippen MR) is 62.0 cm³/mol. The molecule has 4 nitrogen and oxygen atoms in total. The molecule has 0 bridgehead atoms. The molecule has 1 aliphatic rings. The van der Waals surface area contributed by atoms with E-state index in [0.717, 1.165) is 38.7 Å². The van der Waals surface area contributed by atoms with E-state index >= 15 is 0 Å². The molecule has 0 aromatic rings. The first-order valence-electron chi connectivity index (χ1n) is 6.10. The lowest BCUT2D eigenvalue weighted by Crippen LogP contribution is -2.51. The normalized spacial score (nSPS) is 29.3. The summed E-state index contributed by atoms with van der Waals surface area (Å²) in [6.45, 7) is 3.55. The maximum Gasteiger partial charge on any atom is 0.326 e. The second kappa shape index (κ2) is 6.21. The van der Waals surface area contributed by atoms with E-state index < -0.39 is 5.54 Å². The Kier molecular flexibility index (Phi) is 5.22. The van der Waals surface area contributed by atoms with Gasteiger partial charge in [0.2, 0.25) is 0 Å². The number of carbonyl (C=O) groups is 1. The lowest BCUT2D eigenvalue weighted by atomic mass is 9.86. The number of esters is 1. The van der Waals surface area contributed by atoms with Crippen LogP contribution in [0.15, 0.2) is 0 Å². The fourth-order valence-electron chi connectivity index (χ4n) is 2.44. The van der Waals surface area contributed by atoms with Gasteiger partial charge in [0.05, 0.1) is 7.11 Å². The van der Waals surface area contributed by atoms with Gasteiger partial charge in [0.25, 0.3) is 0 Å². The number of rotatable bonds is 6. The second-order valence-electron chi connectivity index (χ2n) is 4.52. The van der Waals surface area contributed by atoms with Gasteiger partial charge < -0.3 is 15.2 Å². The zero-order valence-electron chi connectivity index (χ0n) is 10.3. The van der Waals surface area contributed by atoms with Gasteiger partial charge in [0.1, 0.15) is 5.54 Å². The lowest BCUT2D eigenvalue weighted by Gasteiger charge is -2.28. The first-order valence-corrected chi connectivity index (χ1v) is 6.10. The zero-order chi connectivity index (χ0) is 12.0. The average molecular weight is 229 g/mol. The molecule has 1 rings (SSSR count). The van der Waals surface area contributed by atoms with Crippen molar-refractivity contribution in [1.29, 1.82) is 0 Å². The van der Waals surface area contributed by atoms with Crippen LogP contribution in [-0.2, 0) is 14.3 Å². The first-order chi connectivity index (χ1) is 7.65. The summed E-state index contributed by atoms with van der Waals surface area (Å²) in [6.07, 6.45) is 4.62. The highest BCUT2D eigenvalue weighted by Crippen LogP contribution is 2.36. The summed E-state index contributed by atoms with van der Waals surface area (Å²) in [5.74, 6) is -0.0673. The number of nitrogens with two attached hydrogens (primary N) is 1. The van der Waals surface area contributed by atoms with E-state index in [9.17, 15) is 4.79 Å². The van der Waals surface area contributed by atoms with E-state index in [1.54, 1.807) is 0 Å². The fraction of sp³-hybridized carbons (Fsp3) is 0.917. The minimum atomic E-state index is -0.773. The highest BCUT2D eigenvalue weighted by Gasteiger charge is 2.46. The van der Waals surface area contributed by atoms with Crippen LogP contribution in [0.5, 0.6) is 0 Å². The first kappa shape index (κ1) is 13.5. The Hall–Kier alpha value is -0.610. The summed E-state index contributed by atoms with van der Waals surface area (Å²) < 4.78 is 10.2. The van der Waals surface area contributed by atoms with Gasteiger partial charge in [-0.15, -0.1) is 0 Å². The fourth-order valence-corrected chi connectivity index (χ4v) is 2.44. The molecule has 2 unspecified atom stereocenters. The van der Waals surface area contributed by atoms with Crippen molar-refractivity contribution < 1.29 is 14.3 Å². The van der Waals surface area contributed by atoms with Crippen molar-refractivity contribution in [2.75, 3.05) is 20.3 Å². The minimum Gasteiger partial charge on any atom is -0.468 e. The molecule has 1 fully saturated rings. The van der Waals surface area contributed by atoms with Gasteiger partial charge in [-0.1, -0.05) is 13.3 Å². The number of methoxy groups -OCH3 is 1. The zero-order valence-corrected chi connectivity index (χ0v) is 10.3. The Morgan fingerprint density at radius 2 is 2.25 bits per heavy atom. The molecule has 1 aliphatic carbocycles. The molecular formula is C12H23NO3. The number of carbonyl (C=O) groups excluding carboxylic acids is 1. The molecule has 2 N–H and O–H groups in total. The van der Waals surface area contributed by atoms with Crippen molar-refractivity contribution >= 4 is 5.97 Å². The third-order valence-corrected chi connectivity index (χ3v) is 3.40. The summed E-state index contributed by atoms with van der Waals surface area (Å²) in [6, 6.07) is 0. The SMILES string of the molecule is CCCOCCC1CCCC1(N)C(=O)OC. The maximum absolute atomic E-state index is 11.6. The molecular weight excluding hydrogens is 206 g/mol. The molecule has 0 saturated heterocycles. The monoisotopic (exact) mass is 229 g/mol. The molecule has 94 valence electrons. The van der Waals surface area contributed by atoms with Crippen molar-refractivity contribution in [2.24, 2.45) is 11.7 Å². The smallest absolute Gasteiger partial charge is 0.326 e. The molecule has 0 radical (unpaired) electrons. The third kappa shape index (κ3) is 2.95. The molecule has 2 atom stereocenters. The van der Waals surface area contributed by atoms with Crippen LogP contribution in [0.1, 0.15) is 39.0 Å². The molecule has 0 aromatic heterocycles. The standard InChI is InChI=1S/C12H23NO3/c1-3-8-16-9-6-10-5-4-7-12(10,13)11(14)15-2/h10H,3-9,13H2,1-2H3. The van der Waals surface area contributed by atoms with Crippen LogP contribution in [0.2, 0.25) is 0 Å². The average Bonchev–Trinajstić information content (AvgIpc) is 2.66. The van der Waals surface area contributed by atoms with Crippen molar-refractivity contribution in [3.05, 3.63) is 0 Å². The van der Waals surface area contributed by atoms with E-state index in [1.165, 1.54) is 7.11 Å². The molecule has 0 aliphatic heterocycles. The highest BCUT2D eigenvalue weighted by atomic mass is 16.5. The van der Waals surface area contributed by atoms with Crippen molar-refractivity contribution in [1.82, 2.24) is 0 Å². The quantitative estimate of drug-likeness (QED) is 0.553. The molecule has 0 spiro atoms. The summed E-state index contributed by atoms with van der Waals surface area (Å²) in [7, 11) is 1.40. The van der Waals surface area contributed by atoms with Gasteiger partial charge in [0, 0.05) is 13.2 Å². The Bertz CT molecular complexity index is 232. The van der Waals surface area contributed by atoms with Gasteiger partial charge in [-0.05, 0) is 31.6 Å². The van der Waals surface area contributed by atoms with Crippen LogP contribution in [-0.4, -0.2) is 31.8 Å². The van der Waals surface area contributed by atoms with Crippen molar-refractivity contribution in [3.63, 3.8) is 0 Å². The number of hydrogen-bond acceptors (Lipinski definition) is 4. The van der Waals surface area contributed by atoms with Crippen LogP contribution < -0.4 is 5.73 Å². The van der Waals surface area contributed by atoms with Crippen LogP contribution >= 0.6 is 0 Å². The van der Waals surface area contributed by atoms with Gasteiger partial charge in [0.15, 0.2) is 0 Å². The summed E-state index contributed by atoms with van der Waals surface area (Å²) >= 11 is 0. The predicted octanol–water partition coefficient (Wildman–Crippen LogP) is 1.47. The largest absolute Gasteiger partial charge is 0.468 e. The van der Waals surface area contributed by atoms with E-state index in [2.05, 4.69) is 6.92 Å². The molecule has 1 saturated carbocycles. The van der Waals surface area contributed by atoms with Crippen LogP contribution in [0.4, 0.5) is 0 Å². The van der Waals surface area contributed by atoms with Crippen molar-refractivity contribution in [3.8, 4) is 0 Å². The van der Waals surface area contributed by atoms with Crippen LogP contribution in [0.3, 0.4) is 0 Å².